The highest BCUT2D eigenvalue weighted by Gasteiger charge is 2.52. The molecule has 5 heteroatoms. The molecule has 2 aromatic heterocycles. The van der Waals surface area contributed by atoms with Crippen LogP contribution < -0.4 is 0 Å². The van der Waals surface area contributed by atoms with Crippen LogP contribution in [0.25, 0.3) is 51.1 Å². The van der Waals surface area contributed by atoms with Gasteiger partial charge in [-0.05, 0) is 75.2 Å². The zero-order valence-electron chi connectivity index (χ0n) is 32.9. The van der Waals surface area contributed by atoms with Gasteiger partial charge in [0.15, 0.2) is 17.5 Å². The predicted octanol–water partition coefficient (Wildman–Crippen LogP) is 13.4. The molecular weight excluding hydrogens is 749 g/mol. The van der Waals surface area contributed by atoms with E-state index in [0.29, 0.717) is 17.5 Å². The summed E-state index contributed by atoms with van der Waals surface area (Å²) in [5.41, 5.74) is 12.8. The Kier molecular flexibility index (Phi) is 9.80. The SMILES string of the molecule is C=C/C=C(\c1ccccn1)C1C=C2C(=CC1)Sc1ccc(-c3nc(C(/C=C/c4ccccc4)=C/C=C)nc(-c4ccccc4)n3)cc1C21c2ccccc2-c2ccccc21. The minimum absolute atomic E-state index is 0.0947. The van der Waals surface area contributed by atoms with Crippen molar-refractivity contribution in [3.63, 3.8) is 0 Å². The Hall–Kier alpha value is -7.21. The largest absolute Gasteiger partial charge is 0.257 e. The van der Waals surface area contributed by atoms with Crippen molar-refractivity contribution in [2.45, 2.75) is 16.7 Å². The molecule has 0 fully saturated rings. The number of hydrogen-bond donors (Lipinski definition) is 0. The third-order valence-electron chi connectivity index (χ3n) is 11.5. The fourth-order valence-electron chi connectivity index (χ4n) is 8.94. The summed E-state index contributed by atoms with van der Waals surface area (Å²) in [6, 6.07) is 51.1. The second-order valence-electron chi connectivity index (χ2n) is 15.0. The Balaban J connectivity index is 1.20. The number of rotatable bonds is 9. The highest BCUT2D eigenvalue weighted by molar-refractivity contribution is 8.03. The number of thioether (sulfide) groups is 1. The van der Waals surface area contributed by atoms with Crippen molar-refractivity contribution in [1.29, 1.82) is 0 Å². The maximum absolute atomic E-state index is 5.24. The summed E-state index contributed by atoms with van der Waals surface area (Å²) in [6.45, 7) is 8.14. The van der Waals surface area contributed by atoms with E-state index >= 15 is 0 Å². The molecule has 1 aliphatic heterocycles. The molecule has 3 aliphatic rings. The first-order valence-corrected chi connectivity index (χ1v) is 21.0. The fraction of sp³-hybridized carbons (Fsp3) is 0.0545. The third-order valence-corrected chi connectivity index (χ3v) is 12.7. The molecule has 5 aromatic carbocycles. The fourth-order valence-corrected chi connectivity index (χ4v) is 10.1. The van der Waals surface area contributed by atoms with Gasteiger partial charge in [-0.15, -0.1) is 0 Å². The first-order chi connectivity index (χ1) is 29.6. The summed E-state index contributed by atoms with van der Waals surface area (Å²) in [4.78, 5) is 22.8. The van der Waals surface area contributed by atoms with E-state index in [1.807, 2.05) is 84.7 Å². The lowest BCUT2D eigenvalue weighted by molar-refractivity contribution is 0.702. The molecule has 1 unspecified atom stereocenters. The number of nitrogens with zero attached hydrogens (tertiary/aromatic N) is 4. The molecule has 0 radical (unpaired) electrons. The van der Waals surface area contributed by atoms with Crippen molar-refractivity contribution in [1.82, 2.24) is 19.9 Å². The molecule has 0 saturated heterocycles. The molecule has 1 spiro atoms. The van der Waals surface area contributed by atoms with E-state index < -0.39 is 5.41 Å². The van der Waals surface area contributed by atoms with Gasteiger partial charge in [0.05, 0.1) is 11.1 Å². The van der Waals surface area contributed by atoms with E-state index in [0.717, 1.165) is 40.0 Å². The van der Waals surface area contributed by atoms with Gasteiger partial charge in [0.2, 0.25) is 0 Å². The molecule has 1 atom stereocenters. The molecule has 7 aromatic rings. The van der Waals surface area contributed by atoms with Crippen molar-refractivity contribution >= 4 is 29.0 Å². The van der Waals surface area contributed by atoms with Crippen LogP contribution >= 0.6 is 11.8 Å². The Morgan fingerprint density at radius 2 is 1.32 bits per heavy atom. The highest BCUT2D eigenvalue weighted by Crippen LogP contribution is 2.65. The van der Waals surface area contributed by atoms with Gasteiger partial charge >= 0.3 is 0 Å². The minimum atomic E-state index is -0.595. The van der Waals surface area contributed by atoms with Crippen molar-refractivity contribution in [3.05, 3.63) is 252 Å². The van der Waals surface area contributed by atoms with E-state index in [-0.39, 0.29) is 5.92 Å². The summed E-state index contributed by atoms with van der Waals surface area (Å²) in [7, 11) is 0. The Morgan fingerprint density at radius 3 is 2.02 bits per heavy atom. The summed E-state index contributed by atoms with van der Waals surface area (Å²) in [6.07, 6.45) is 19.6. The highest BCUT2D eigenvalue weighted by atomic mass is 32.2. The number of fused-ring (bicyclic) bond motifs is 9. The van der Waals surface area contributed by atoms with Crippen molar-refractivity contribution in [2.24, 2.45) is 5.92 Å². The second-order valence-corrected chi connectivity index (χ2v) is 16.1. The number of benzene rings is 5. The standard InChI is InChI=1S/C55H40N4S/c1-3-17-38(29-28-37-19-7-5-8-20-37)52-57-53(39-21-9-6-10-22-39)59-54(58-52)41-31-33-51-48(36-41)55(45-25-13-11-23-43(45)44-24-12-14-26-46(44)55)47-35-40(30-32-50(47)60-51)42(18-4-2)49-27-15-16-34-56-49/h3-29,31-36,40H,1-2,30H2/b29-28+,38-17+,42-18-. The topological polar surface area (TPSA) is 51.6 Å². The van der Waals surface area contributed by atoms with Gasteiger partial charge in [0.25, 0.3) is 0 Å². The zero-order valence-corrected chi connectivity index (χ0v) is 33.8. The summed E-state index contributed by atoms with van der Waals surface area (Å²) in [5, 5.41) is 0. The average molecular weight is 789 g/mol. The van der Waals surface area contributed by atoms with Crippen molar-refractivity contribution < 1.29 is 0 Å². The van der Waals surface area contributed by atoms with Crippen LogP contribution in [-0.4, -0.2) is 19.9 Å². The predicted molar refractivity (Wildman–Crippen MR) is 249 cm³/mol. The van der Waals surface area contributed by atoms with E-state index in [2.05, 4.69) is 135 Å². The van der Waals surface area contributed by atoms with Gasteiger partial charge < -0.3 is 0 Å². The molecule has 2 aliphatic carbocycles. The molecule has 286 valence electrons. The first kappa shape index (κ1) is 37.1. The van der Waals surface area contributed by atoms with Crippen LogP contribution in [0.4, 0.5) is 0 Å². The van der Waals surface area contributed by atoms with Gasteiger partial charge in [-0.25, -0.2) is 15.0 Å². The third kappa shape index (κ3) is 6.44. The molecule has 60 heavy (non-hydrogen) atoms. The van der Waals surface area contributed by atoms with E-state index in [1.54, 1.807) is 6.08 Å². The van der Waals surface area contributed by atoms with Crippen LogP contribution in [0.5, 0.6) is 0 Å². The number of hydrogen-bond acceptors (Lipinski definition) is 5. The van der Waals surface area contributed by atoms with Crippen LogP contribution in [-0.2, 0) is 5.41 Å². The average Bonchev–Trinajstić information content (AvgIpc) is 3.61. The molecule has 0 N–H and O–H groups in total. The Labute approximate surface area is 355 Å². The van der Waals surface area contributed by atoms with Gasteiger partial charge in [-0.2, -0.15) is 0 Å². The van der Waals surface area contributed by atoms with E-state index in [1.165, 1.54) is 43.2 Å². The molecule has 3 heterocycles. The Bertz CT molecular complexity index is 2910. The maximum atomic E-state index is 5.24. The van der Waals surface area contributed by atoms with E-state index in [9.17, 15) is 0 Å². The van der Waals surface area contributed by atoms with Crippen LogP contribution in [0.15, 0.2) is 223 Å². The van der Waals surface area contributed by atoms with Crippen LogP contribution in [0, 0.1) is 5.92 Å². The van der Waals surface area contributed by atoms with Crippen LogP contribution in [0.2, 0.25) is 0 Å². The monoisotopic (exact) mass is 788 g/mol. The van der Waals surface area contributed by atoms with E-state index in [4.69, 9.17) is 19.9 Å². The van der Waals surface area contributed by atoms with Gasteiger partial charge in [0.1, 0.15) is 0 Å². The second kappa shape index (κ2) is 15.9. The summed E-state index contributed by atoms with van der Waals surface area (Å²) >= 11 is 1.85. The lowest BCUT2D eigenvalue weighted by Gasteiger charge is -2.43. The first-order valence-electron chi connectivity index (χ1n) is 20.2. The molecule has 10 rings (SSSR count). The lowest BCUT2D eigenvalue weighted by Crippen LogP contribution is -2.34. The number of pyridine rings is 1. The normalized spacial score (nSPS) is 16.3. The number of aromatic nitrogens is 4. The lowest BCUT2D eigenvalue weighted by atomic mass is 9.64. The molecule has 4 nitrogen and oxygen atoms in total. The van der Waals surface area contributed by atoms with Gasteiger partial charge in [0, 0.05) is 38.6 Å². The quantitative estimate of drug-likeness (QED) is 0.136. The molecule has 0 bridgehead atoms. The molecule has 0 saturated carbocycles. The summed E-state index contributed by atoms with van der Waals surface area (Å²) in [5.74, 6) is 1.88. The van der Waals surface area contributed by atoms with Crippen LogP contribution in [0.3, 0.4) is 0 Å². The zero-order chi connectivity index (χ0) is 40.5. The van der Waals surface area contributed by atoms with Gasteiger partial charge in [-0.1, -0.05) is 195 Å². The molecular formula is C55H40N4S. The Morgan fingerprint density at radius 1 is 0.650 bits per heavy atom. The van der Waals surface area contributed by atoms with Crippen molar-refractivity contribution in [3.8, 4) is 33.9 Å². The minimum Gasteiger partial charge on any atom is -0.257 e. The van der Waals surface area contributed by atoms with Crippen molar-refractivity contribution in [2.75, 3.05) is 0 Å². The number of allylic oxidation sites excluding steroid dienone is 10. The van der Waals surface area contributed by atoms with Gasteiger partial charge in [-0.3, -0.25) is 4.98 Å². The maximum Gasteiger partial charge on any atom is 0.164 e. The smallest absolute Gasteiger partial charge is 0.164 e. The van der Waals surface area contributed by atoms with Crippen LogP contribution in [0.1, 0.15) is 40.2 Å². The summed E-state index contributed by atoms with van der Waals surface area (Å²) < 4.78 is 0. The molecule has 0 amide bonds.